The molecule has 0 unspecified atom stereocenters. The molecule has 0 aliphatic rings. The number of nitrogens with one attached hydrogen (secondary N) is 1. The van der Waals surface area contributed by atoms with Gasteiger partial charge in [-0.3, -0.25) is 4.72 Å². The normalized spacial score (nSPS) is 12.6. The lowest BCUT2D eigenvalue weighted by Gasteiger charge is -2.12. The first-order valence-electron chi connectivity index (χ1n) is 3.78. The van der Waals surface area contributed by atoms with Gasteiger partial charge in [-0.1, -0.05) is 34.8 Å². The van der Waals surface area contributed by atoms with E-state index in [1.165, 1.54) is 4.72 Å². The summed E-state index contributed by atoms with van der Waals surface area (Å²) in [4.78, 5) is 0. The van der Waals surface area contributed by atoms with Crippen molar-refractivity contribution in [2.45, 2.75) is 5.51 Å². The van der Waals surface area contributed by atoms with Crippen molar-refractivity contribution >= 4 is 50.5 Å². The molecule has 1 N–H and O–H groups in total. The fourth-order valence-electron chi connectivity index (χ4n) is 0.803. The summed E-state index contributed by atoms with van der Waals surface area (Å²) in [5.74, 6) is 0. The zero-order valence-corrected chi connectivity index (χ0v) is 10.7. The third kappa shape index (κ3) is 3.31. The molecule has 10 heteroatoms. The topological polar surface area (TPSA) is 46.2 Å². The molecule has 17 heavy (non-hydrogen) atoms. The van der Waals surface area contributed by atoms with Crippen LogP contribution in [0.15, 0.2) is 12.1 Å². The Morgan fingerprint density at radius 2 is 1.47 bits per heavy atom. The Kier molecular flexibility index (Phi) is 4.08. The van der Waals surface area contributed by atoms with Crippen molar-refractivity contribution in [1.29, 1.82) is 0 Å². The van der Waals surface area contributed by atoms with Crippen LogP contribution < -0.4 is 4.72 Å². The summed E-state index contributed by atoms with van der Waals surface area (Å²) in [5.41, 5.74) is -5.94. The Morgan fingerprint density at radius 1 is 1.00 bits per heavy atom. The van der Waals surface area contributed by atoms with E-state index in [1.807, 2.05) is 0 Å². The molecule has 0 heterocycles. The lowest BCUT2D eigenvalue weighted by Crippen LogP contribution is -2.30. The molecule has 96 valence electrons. The number of rotatable bonds is 2. The monoisotopic (exact) mass is 327 g/mol. The van der Waals surface area contributed by atoms with Crippen LogP contribution in [0.1, 0.15) is 0 Å². The molecule has 0 aromatic heterocycles. The minimum atomic E-state index is -5.54. The first-order valence-corrected chi connectivity index (χ1v) is 6.40. The molecule has 0 saturated carbocycles. The highest BCUT2D eigenvalue weighted by Gasteiger charge is 2.46. The van der Waals surface area contributed by atoms with Crippen molar-refractivity contribution in [3.63, 3.8) is 0 Å². The van der Waals surface area contributed by atoms with Crippen molar-refractivity contribution in [1.82, 2.24) is 0 Å². The van der Waals surface area contributed by atoms with Gasteiger partial charge in [0.25, 0.3) is 0 Å². The molecule has 0 bridgehead atoms. The van der Waals surface area contributed by atoms with Crippen LogP contribution in [0.4, 0.5) is 18.9 Å². The fourth-order valence-corrected chi connectivity index (χ4v) is 2.03. The standard InChI is InChI=1S/C7H3Cl3F3NO2S/c8-3-1-5(10)6(2-4(3)9)14-17(15,16)7(11,12)13/h1-2,14H. The van der Waals surface area contributed by atoms with Gasteiger partial charge in [0, 0.05) is 0 Å². The predicted molar refractivity (Wildman–Crippen MR) is 60.1 cm³/mol. The summed E-state index contributed by atoms with van der Waals surface area (Å²) in [6.07, 6.45) is 0. The van der Waals surface area contributed by atoms with Gasteiger partial charge in [0.05, 0.1) is 20.8 Å². The van der Waals surface area contributed by atoms with Crippen molar-refractivity contribution in [2.75, 3.05) is 4.72 Å². The number of sulfonamides is 1. The highest BCUT2D eigenvalue weighted by molar-refractivity contribution is 7.93. The molecule has 1 aromatic carbocycles. The van der Waals surface area contributed by atoms with Gasteiger partial charge in [0.2, 0.25) is 0 Å². The van der Waals surface area contributed by atoms with Gasteiger partial charge in [-0.05, 0) is 12.1 Å². The molecule has 0 aliphatic carbocycles. The number of hydrogen-bond acceptors (Lipinski definition) is 2. The van der Waals surface area contributed by atoms with E-state index in [9.17, 15) is 21.6 Å². The molecule has 1 rings (SSSR count). The lowest BCUT2D eigenvalue weighted by molar-refractivity contribution is -0.0429. The van der Waals surface area contributed by atoms with Gasteiger partial charge >= 0.3 is 15.5 Å². The number of halogens is 6. The molecule has 0 atom stereocenters. The molecule has 0 radical (unpaired) electrons. The average molecular weight is 329 g/mol. The van der Waals surface area contributed by atoms with Gasteiger partial charge in [-0.25, -0.2) is 0 Å². The van der Waals surface area contributed by atoms with Crippen molar-refractivity contribution < 1.29 is 21.6 Å². The number of anilines is 1. The second-order valence-corrected chi connectivity index (χ2v) is 5.69. The van der Waals surface area contributed by atoms with Crippen LogP contribution in [0.25, 0.3) is 0 Å². The van der Waals surface area contributed by atoms with E-state index in [0.717, 1.165) is 12.1 Å². The minimum Gasteiger partial charge on any atom is -0.274 e. The zero-order valence-electron chi connectivity index (χ0n) is 7.65. The molecule has 3 nitrogen and oxygen atoms in total. The van der Waals surface area contributed by atoms with Crippen LogP contribution in [0.3, 0.4) is 0 Å². The van der Waals surface area contributed by atoms with E-state index >= 15 is 0 Å². The summed E-state index contributed by atoms with van der Waals surface area (Å²) < 4.78 is 59.1. The quantitative estimate of drug-likeness (QED) is 0.837. The maximum atomic E-state index is 12.1. The molecule has 0 spiro atoms. The average Bonchev–Trinajstić information content (AvgIpc) is 2.12. The van der Waals surface area contributed by atoms with Gasteiger partial charge < -0.3 is 0 Å². The van der Waals surface area contributed by atoms with Gasteiger partial charge in [-0.15, -0.1) is 0 Å². The Balaban J connectivity index is 3.18. The van der Waals surface area contributed by atoms with E-state index in [-0.39, 0.29) is 15.1 Å². The first kappa shape index (κ1) is 14.7. The second kappa shape index (κ2) is 4.72. The Hall–Kier alpha value is -0.370. The summed E-state index contributed by atoms with van der Waals surface area (Å²) in [7, 11) is -5.54. The number of hydrogen-bond donors (Lipinski definition) is 1. The number of benzene rings is 1. The highest BCUT2D eigenvalue weighted by Crippen LogP contribution is 2.34. The summed E-state index contributed by atoms with van der Waals surface area (Å²) in [5, 5.41) is -0.435. The van der Waals surface area contributed by atoms with Crippen molar-refractivity contribution in [3.05, 3.63) is 27.2 Å². The summed E-state index contributed by atoms with van der Waals surface area (Å²) >= 11 is 16.6. The largest absolute Gasteiger partial charge is 0.516 e. The molecule has 0 amide bonds. The minimum absolute atomic E-state index is 0.00776. The molecule has 0 saturated heterocycles. The van der Waals surface area contributed by atoms with E-state index in [2.05, 4.69) is 0 Å². The smallest absolute Gasteiger partial charge is 0.274 e. The Morgan fingerprint density at radius 3 is 1.94 bits per heavy atom. The maximum Gasteiger partial charge on any atom is 0.516 e. The fraction of sp³-hybridized carbons (Fsp3) is 0.143. The molecule has 1 aromatic rings. The SMILES string of the molecule is O=S(=O)(Nc1cc(Cl)c(Cl)cc1Cl)C(F)(F)F. The molecule has 0 fully saturated rings. The van der Waals surface area contributed by atoms with Crippen LogP contribution in [0.2, 0.25) is 15.1 Å². The highest BCUT2D eigenvalue weighted by atomic mass is 35.5. The maximum absolute atomic E-state index is 12.1. The van der Waals surface area contributed by atoms with Crippen LogP contribution in [0.5, 0.6) is 0 Å². The van der Waals surface area contributed by atoms with Crippen LogP contribution in [0, 0.1) is 0 Å². The van der Waals surface area contributed by atoms with Gasteiger partial charge in [0.1, 0.15) is 0 Å². The third-order valence-corrected chi connectivity index (χ3v) is 3.69. The van der Waals surface area contributed by atoms with Crippen LogP contribution in [-0.2, 0) is 10.0 Å². The van der Waals surface area contributed by atoms with Crippen LogP contribution in [-0.4, -0.2) is 13.9 Å². The predicted octanol–water partition coefficient (Wildman–Crippen LogP) is 3.91. The van der Waals surface area contributed by atoms with Crippen LogP contribution >= 0.6 is 34.8 Å². The first-order chi connectivity index (χ1) is 7.54. The van der Waals surface area contributed by atoms with Crippen molar-refractivity contribution in [3.8, 4) is 0 Å². The van der Waals surface area contributed by atoms with Gasteiger partial charge in [0.15, 0.2) is 0 Å². The zero-order chi connectivity index (χ0) is 13.4. The molecular formula is C7H3Cl3F3NO2S. The Bertz CT molecular complexity index is 544. The summed E-state index contributed by atoms with van der Waals surface area (Å²) in [6.45, 7) is 0. The van der Waals surface area contributed by atoms with E-state index < -0.39 is 21.2 Å². The lowest BCUT2D eigenvalue weighted by atomic mass is 10.3. The Labute approximate surface area is 110 Å². The third-order valence-electron chi connectivity index (χ3n) is 1.56. The van der Waals surface area contributed by atoms with E-state index in [4.69, 9.17) is 34.8 Å². The summed E-state index contributed by atoms with van der Waals surface area (Å²) in [6, 6.07) is 1.91. The second-order valence-electron chi connectivity index (χ2n) is 2.80. The molecule has 0 aliphatic heterocycles. The van der Waals surface area contributed by atoms with E-state index in [0.29, 0.717) is 0 Å². The molecular weight excluding hydrogens is 326 g/mol. The van der Waals surface area contributed by atoms with E-state index in [1.54, 1.807) is 0 Å². The van der Waals surface area contributed by atoms with Crippen molar-refractivity contribution in [2.24, 2.45) is 0 Å². The van der Waals surface area contributed by atoms with Gasteiger partial charge in [-0.2, -0.15) is 21.6 Å². The number of alkyl halides is 3.